The number of nitrogens with zero attached hydrogens (tertiary/aromatic N) is 3. The molecule has 0 saturated carbocycles. The van der Waals surface area contributed by atoms with E-state index in [0.29, 0.717) is 12.8 Å². The summed E-state index contributed by atoms with van der Waals surface area (Å²) in [5, 5.41) is 18.0. The Morgan fingerprint density at radius 3 is 2.35 bits per heavy atom. The first-order valence-corrected chi connectivity index (χ1v) is 7.47. The molecule has 2 atom stereocenters. The summed E-state index contributed by atoms with van der Waals surface area (Å²) in [7, 11) is 0. The van der Waals surface area contributed by atoms with Crippen molar-refractivity contribution < 1.29 is 23.1 Å². The van der Waals surface area contributed by atoms with E-state index in [1.165, 1.54) is 6.07 Å². The number of para-hydroxylation sites is 1. The molecule has 0 aromatic heterocycles. The van der Waals surface area contributed by atoms with Gasteiger partial charge in [-0.2, -0.15) is 23.4 Å². The molecule has 3 aliphatic heterocycles. The molecular formula is C15H14F3N3O2. The predicted molar refractivity (Wildman–Crippen MR) is 72.9 cm³/mol. The molecule has 2 saturated heterocycles. The van der Waals surface area contributed by atoms with Gasteiger partial charge in [-0.3, -0.25) is 4.79 Å². The Morgan fingerprint density at radius 2 is 1.83 bits per heavy atom. The van der Waals surface area contributed by atoms with Gasteiger partial charge in [-0.25, -0.2) is 0 Å². The third-order valence-electron chi connectivity index (χ3n) is 4.93. The number of fused-ring (bicyclic) bond motifs is 2. The summed E-state index contributed by atoms with van der Waals surface area (Å²) >= 11 is 0. The van der Waals surface area contributed by atoms with Crippen LogP contribution in [-0.4, -0.2) is 33.7 Å². The van der Waals surface area contributed by atoms with E-state index in [1.807, 2.05) is 0 Å². The van der Waals surface area contributed by atoms with E-state index in [1.54, 1.807) is 4.90 Å². The highest BCUT2D eigenvalue weighted by Gasteiger charge is 2.55. The lowest BCUT2D eigenvalue weighted by atomic mass is 9.93. The highest BCUT2D eigenvalue weighted by Crippen LogP contribution is 2.50. The molecule has 5 nitrogen and oxygen atoms in total. The maximum absolute atomic E-state index is 12.9. The van der Waals surface area contributed by atoms with Gasteiger partial charge in [-0.1, -0.05) is 6.07 Å². The molecule has 1 aromatic rings. The maximum Gasteiger partial charge on any atom is 0.419 e. The molecule has 1 aromatic carbocycles. The van der Waals surface area contributed by atoms with E-state index in [0.717, 1.165) is 25.0 Å². The van der Waals surface area contributed by atoms with Crippen LogP contribution in [0.3, 0.4) is 0 Å². The first kappa shape index (κ1) is 14.5. The fraction of sp³-hybridized carbons (Fsp3) is 0.533. The van der Waals surface area contributed by atoms with Crippen molar-refractivity contribution in [2.75, 3.05) is 0 Å². The first-order chi connectivity index (χ1) is 10.8. The number of rotatable bonds is 1. The highest BCUT2D eigenvalue weighted by atomic mass is 19.4. The highest BCUT2D eigenvalue weighted by molar-refractivity contribution is 5.98. The maximum atomic E-state index is 12.9. The van der Waals surface area contributed by atoms with Crippen LogP contribution in [0.15, 0.2) is 28.4 Å². The molecule has 4 rings (SSSR count). The van der Waals surface area contributed by atoms with Crippen LogP contribution in [-0.2, 0) is 6.18 Å². The predicted octanol–water partition coefficient (Wildman–Crippen LogP) is 3.34. The number of alkyl halides is 3. The average molecular weight is 325 g/mol. The third-order valence-corrected chi connectivity index (χ3v) is 4.93. The summed E-state index contributed by atoms with van der Waals surface area (Å²) in [6.07, 6.45) is -1.87. The molecule has 3 aliphatic rings. The molecule has 2 bridgehead atoms. The van der Waals surface area contributed by atoms with Crippen LogP contribution >= 0.6 is 0 Å². The van der Waals surface area contributed by atoms with Crippen molar-refractivity contribution in [2.45, 2.75) is 49.6 Å². The summed E-state index contributed by atoms with van der Waals surface area (Å²) in [5.74, 6) is -1.54. The second-order valence-electron chi connectivity index (χ2n) is 6.39. The van der Waals surface area contributed by atoms with E-state index in [2.05, 4.69) is 10.2 Å². The summed E-state index contributed by atoms with van der Waals surface area (Å²) in [6.45, 7) is 0. The summed E-state index contributed by atoms with van der Waals surface area (Å²) in [6, 6.07) is 3.00. The number of aromatic hydroxyl groups is 1. The van der Waals surface area contributed by atoms with Gasteiger partial charge in [-0.05, 0) is 25.0 Å². The van der Waals surface area contributed by atoms with Crippen LogP contribution in [0.5, 0.6) is 5.75 Å². The lowest BCUT2D eigenvalue weighted by Crippen LogP contribution is -2.49. The van der Waals surface area contributed by atoms with E-state index in [-0.39, 0.29) is 23.3 Å². The second kappa shape index (κ2) is 4.46. The Hall–Kier alpha value is -2.12. The van der Waals surface area contributed by atoms with Crippen molar-refractivity contribution in [1.82, 2.24) is 4.90 Å². The van der Waals surface area contributed by atoms with Crippen molar-refractivity contribution in [1.29, 1.82) is 0 Å². The molecule has 2 fully saturated rings. The standard InChI is InChI=1S/C15H14F3N3O2/c16-15(17,18)11-3-1-2-10(12(11)22)13(23)21-8-4-5-9(21)7-14(6-8)19-20-14/h1-3,8-9,22H,4-7H2. The van der Waals surface area contributed by atoms with Gasteiger partial charge in [0.25, 0.3) is 5.91 Å². The quantitative estimate of drug-likeness (QED) is 0.860. The number of carbonyl (C=O) groups is 1. The smallest absolute Gasteiger partial charge is 0.419 e. The Labute approximate surface area is 129 Å². The van der Waals surface area contributed by atoms with Crippen LogP contribution in [0.4, 0.5) is 13.2 Å². The van der Waals surface area contributed by atoms with Crippen molar-refractivity contribution in [2.24, 2.45) is 10.2 Å². The largest absolute Gasteiger partial charge is 0.506 e. The number of amides is 1. The lowest BCUT2D eigenvalue weighted by Gasteiger charge is -2.37. The molecule has 3 heterocycles. The van der Waals surface area contributed by atoms with E-state index in [4.69, 9.17) is 0 Å². The van der Waals surface area contributed by atoms with Crippen LogP contribution < -0.4 is 0 Å². The van der Waals surface area contributed by atoms with Crippen LogP contribution in [0.1, 0.15) is 41.6 Å². The number of halogens is 3. The zero-order valence-electron chi connectivity index (χ0n) is 12.0. The van der Waals surface area contributed by atoms with Gasteiger partial charge in [0.15, 0.2) is 5.66 Å². The minimum atomic E-state index is -4.70. The Morgan fingerprint density at radius 1 is 1.22 bits per heavy atom. The molecule has 2 unspecified atom stereocenters. The minimum absolute atomic E-state index is 0.0785. The molecule has 1 amide bonds. The lowest BCUT2D eigenvalue weighted by molar-refractivity contribution is -0.138. The van der Waals surface area contributed by atoms with Crippen molar-refractivity contribution in [3.63, 3.8) is 0 Å². The molecule has 122 valence electrons. The molecule has 8 heteroatoms. The van der Waals surface area contributed by atoms with Gasteiger partial charge in [0, 0.05) is 24.9 Å². The van der Waals surface area contributed by atoms with E-state index < -0.39 is 23.4 Å². The summed E-state index contributed by atoms with van der Waals surface area (Å²) < 4.78 is 38.7. The van der Waals surface area contributed by atoms with Gasteiger partial charge < -0.3 is 10.0 Å². The van der Waals surface area contributed by atoms with Crippen LogP contribution in [0.25, 0.3) is 0 Å². The Bertz CT molecular complexity index is 694. The number of carbonyl (C=O) groups excluding carboxylic acids is 1. The van der Waals surface area contributed by atoms with Gasteiger partial charge in [0.05, 0.1) is 11.1 Å². The number of piperidine rings is 1. The molecule has 0 aliphatic carbocycles. The van der Waals surface area contributed by atoms with Crippen molar-refractivity contribution in [3.8, 4) is 5.75 Å². The van der Waals surface area contributed by atoms with Crippen molar-refractivity contribution >= 4 is 5.91 Å². The number of phenolic OH excluding ortho intramolecular Hbond substituents is 1. The number of hydrogen-bond acceptors (Lipinski definition) is 4. The molecular weight excluding hydrogens is 311 g/mol. The number of hydrogen-bond donors (Lipinski definition) is 1. The van der Waals surface area contributed by atoms with Gasteiger partial charge in [-0.15, -0.1) is 0 Å². The Balaban J connectivity index is 1.66. The molecule has 1 spiro atoms. The summed E-state index contributed by atoms with van der Waals surface area (Å²) in [5.41, 5.74) is -1.84. The fourth-order valence-corrected chi connectivity index (χ4v) is 3.85. The van der Waals surface area contributed by atoms with Crippen LogP contribution in [0, 0.1) is 0 Å². The first-order valence-electron chi connectivity index (χ1n) is 7.47. The van der Waals surface area contributed by atoms with Crippen LogP contribution in [0.2, 0.25) is 0 Å². The third kappa shape index (κ3) is 2.19. The monoisotopic (exact) mass is 325 g/mol. The van der Waals surface area contributed by atoms with Gasteiger partial charge in [0.2, 0.25) is 0 Å². The number of benzene rings is 1. The molecule has 23 heavy (non-hydrogen) atoms. The normalized spacial score (nSPS) is 27.5. The van der Waals surface area contributed by atoms with Gasteiger partial charge in [0.1, 0.15) is 5.75 Å². The van der Waals surface area contributed by atoms with Crippen molar-refractivity contribution in [3.05, 3.63) is 29.3 Å². The number of phenols is 1. The molecule has 0 radical (unpaired) electrons. The minimum Gasteiger partial charge on any atom is -0.506 e. The average Bonchev–Trinajstić information content (AvgIpc) is 3.15. The zero-order chi connectivity index (χ0) is 16.4. The molecule has 1 N–H and O–H groups in total. The van der Waals surface area contributed by atoms with Gasteiger partial charge >= 0.3 is 6.18 Å². The second-order valence-corrected chi connectivity index (χ2v) is 6.39. The zero-order valence-corrected chi connectivity index (χ0v) is 12.0. The SMILES string of the molecule is O=C(c1cccc(C(F)(F)F)c1O)N1C2CCC1CC1(C2)N=N1. The summed E-state index contributed by atoms with van der Waals surface area (Å²) in [4.78, 5) is 14.3. The fourth-order valence-electron chi connectivity index (χ4n) is 3.85. The topological polar surface area (TPSA) is 65.3 Å². The Kier molecular flexibility index (Phi) is 2.80. The van der Waals surface area contributed by atoms with E-state index in [9.17, 15) is 23.1 Å². The van der Waals surface area contributed by atoms with E-state index >= 15 is 0 Å².